The van der Waals surface area contributed by atoms with Gasteiger partial charge in [-0.2, -0.15) is 0 Å². The molecule has 0 aliphatic carbocycles. The Labute approximate surface area is 101 Å². The van der Waals surface area contributed by atoms with Gasteiger partial charge < -0.3 is 4.74 Å². The van der Waals surface area contributed by atoms with Crippen LogP contribution in [-0.4, -0.2) is 7.11 Å². The molecule has 0 unspecified atom stereocenters. The Morgan fingerprint density at radius 2 is 1.44 bits per heavy atom. The van der Waals surface area contributed by atoms with Crippen LogP contribution >= 0.6 is 0 Å². The van der Waals surface area contributed by atoms with E-state index in [2.05, 4.69) is 32.9 Å². The smallest absolute Gasteiger partial charge is 0.118 e. The van der Waals surface area contributed by atoms with Crippen molar-refractivity contribution in [2.24, 2.45) is 0 Å². The normalized spacial score (nSPS) is 9.25. The molecule has 0 saturated carbocycles. The van der Waals surface area contributed by atoms with Crippen molar-refractivity contribution in [3.63, 3.8) is 0 Å². The van der Waals surface area contributed by atoms with Crippen molar-refractivity contribution >= 4 is 0 Å². The maximum atomic E-state index is 5.07. The number of rotatable bonds is 5. The Morgan fingerprint density at radius 1 is 0.875 bits per heavy atom. The number of ether oxygens (including phenoxy) is 1. The molecular formula is C15H26O. The molecule has 1 aromatic carbocycles. The van der Waals surface area contributed by atoms with Gasteiger partial charge in [0.15, 0.2) is 0 Å². The van der Waals surface area contributed by atoms with E-state index in [0.29, 0.717) is 0 Å². The van der Waals surface area contributed by atoms with Crippen LogP contribution in [0.1, 0.15) is 52.0 Å². The molecule has 0 spiro atoms. The first-order valence-electron chi connectivity index (χ1n) is 6.41. The molecule has 0 saturated heterocycles. The molecule has 0 fully saturated rings. The molecule has 0 aromatic heterocycles. The lowest BCUT2D eigenvalue weighted by atomic mass is 10.1. The maximum absolute atomic E-state index is 5.07. The summed E-state index contributed by atoms with van der Waals surface area (Å²) in [5, 5.41) is 0. The Balaban J connectivity index is 0.000000487. The summed E-state index contributed by atoms with van der Waals surface area (Å²) in [7, 11) is 1.70. The van der Waals surface area contributed by atoms with Gasteiger partial charge >= 0.3 is 0 Å². The van der Waals surface area contributed by atoms with Crippen LogP contribution in [0.2, 0.25) is 0 Å². The van der Waals surface area contributed by atoms with Gasteiger partial charge in [0.1, 0.15) is 5.75 Å². The number of benzene rings is 1. The molecule has 0 N–H and O–H groups in total. The van der Waals surface area contributed by atoms with Crippen molar-refractivity contribution in [3.05, 3.63) is 29.8 Å². The summed E-state index contributed by atoms with van der Waals surface area (Å²) in [5.41, 5.74) is 1.40. The summed E-state index contributed by atoms with van der Waals surface area (Å²) in [6, 6.07) is 8.30. The van der Waals surface area contributed by atoms with Crippen LogP contribution in [0.15, 0.2) is 24.3 Å². The lowest BCUT2D eigenvalue weighted by Gasteiger charge is -2.01. The van der Waals surface area contributed by atoms with E-state index >= 15 is 0 Å². The Kier molecular flexibility index (Phi) is 9.89. The molecule has 92 valence electrons. The predicted octanol–water partition coefficient (Wildman–Crippen LogP) is 4.84. The van der Waals surface area contributed by atoms with E-state index in [1.165, 1.54) is 37.7 Å². The van der Waals surface area contributed by atoms with Gasteiger partial charge in [-0.25, -0.2) is 0 Å². The van der Waals surface area contributed by atoms with Crippen molar-refractivity contribution in [1.29, 1.82) is 0 Å². The Bertz CT molecular complexity index is 236. The minimum absolute atomic E-state index is 0.940. The third-order valence-corrected chi connectivity index (χ3v) is 2.48. The zero-order valence-corrected chi connectivity index (χ0v) is 11.3. The van der Waals surface area contributed by atoms with Gasteiger partial charge in [0, 0.05) is 0 Å². The van der Waals surface area contributed by atoms with E-state index in [1.54, 1.807) is 7.11 Å². The summed E-state index contributed by atoms with van der Waals surface area (Å²) in [5.74, 6) is 0.940. The Morgan fingerprint density at radius 3 is 1.81 bits per heavy atom. The summed E-state index contributed by atoms with van der Waals surface area (Å²) in [6.07, 6.45) is 6.35. The van der Waals surface area contributed by atoms with Gasteiger partial charge in [-0.1, -0.05) is 52.2 Å². The minimum atomic E-state index is 0.940. The number of hydrogen-bond acceptors (Lipinski definition) is 1. The topological polar surface area (TPSA) is 9.23 Å². The van der Waals surface area contributed by atoms with Gasteiger partial charge in [-0.15, -0.1) is 0 Å². The van der Waals surface area contributed by atoms with E-state index in [0.717, 1.165) is 5.75 Å². The number of aryl methyl sites for hydroxylation is 1. The monoisotopic (exact) mass is 222 g/mol. The van der Waals surface area contributed by atoms with Gasteiger partial charge in [0.25, 0.3) is 0 Å². The minimum Gasteiger partial charge on any atom is -0.497 e. The molecular weight excluding hydrogens is 196 g/mol. The first kappa shape index (κ1) is 15.0. The third kappa shape index (κ3) is 7.33. The van der Waals surface area contributed by atoms with Gasteiger partial charge in [0.2, 0.25) is 0 Å². The molecule has 0 heterocycles. The molecule has 1 heteroatoms. The molecule has 0 bridgehead atoms. The third-order valence-electron chi connectivity index (χ3n) is 2.48. The van der Waals surface area contributed by atoms with E-state index in [1.807, 2.05) is 12.1 Å². The molecule has 0 radical (unpaired) electrons. The van der Waals surface area contributed by atoms with Gasteiger partial charge in [-0.05, 0) is 30.5 Å². The molecule has 1 nitrogen and oxygen atoms in total. The van der Waals surface area contributed by atoms with Gasteiger partial charge in [-0.3, -0.25) is 0 Å². The number of unbranched alkanes of at least 4 members (excludes halogenated alkanes) is 2. The van der Waals surface area contributed by atoms with Crippen molar-refractivity contribution in [1.82, 2.24) is 0 Å². The summed E-state index contributed by atoms with van der Waals surface area (Å²) in [4.78, 5) is 0. The van der Waals surface area contributed by atoms with E-state index in [-0.39, 0.29) is 0 Å². The second-order valence-electron chi connectivity index (χ2n) is 3.95. The molecule has 1 aromatic rings. The molecule has 16 heavy (non-hydrogen) atoms. The van der Waals surface area contributed by atoms with Crippen molar-refractivity contribution < 1.29 is 4.74 Å². The van der Waals surface area contributed by atoms with Crippen LogP contribution in [0.25, 0.3) is 0 Å². The summed E-state index contributed by atoms with van der Waals surface area (Å²) < 4.78 is 5.07. The summed E-state index contributed by atoms with van der Waals surface area (Å²) >= 11 is 0. The first-order valence-corrected chi connectivity index (χ1v) is 6.41. The second kappa shape index (κ2) is 10.5. The maximum Gasteiger partial charge on any atom is 0.118 e. The highest BCUT2D eigenvalue weighted by molar-refractivity contribution is 5.27. The van der Waals surface area contributed by atoms with Crippen molar-refractivity contribution in [3.8, 4) is 5.75 Å². The van der Waals surface area contributed by atoms with Crippen LogP contribution in [0.4, 0.5) is 0 Å². The first-order chi connectivity index (χ1) is 7.78. The lowest BCUT2D eigenvalue weighted by molar-refractivity contribution is 0.414. The molecule has 0 atom stereocenters. The van der Waals surface area contributed by atoms with E-state index in [4.69, 9.17) is 4.74 Å². The van der Waals surface area contributed by atoms with Gasteiger partial charge in [0.05, 0.1) is 7.11 Å². The highest BCUT2D eigenvalue weighted by Gasteiger charge is 1.92. The zero-order chi connectivity index (χ0) is 12.2. The molecule has 0 aliphatic rings. The fraction of sp³-hybridized carbons (Fsp3) is 0.600. The lowest BCUT2D eigenvalue weighted by Crippen LogP contribution is -1.86. The van der Waals surface area contributed by atoms with Crippen molar-refractivity contribution in [2.45, 2.75) is 52.9 Å². The molecule has 0 amide bonds. The highest BCUT2D eigenvalue weighted by atomic mass is 16.5. The Hall–Kier alpha value is -0.980. The molecule has 1 rings (SSSR count). The quantitative estimate of drug-likeness (QED) is 0.692. The van der Waals surface area contributed by atoms with E-state index in [9.17, 15) is 0 Å². The van der Waals surface area contributed by atoms with Crippen LogP contribution in [0.3, 0.4) is 0 Å². The van der Waals surface area contributed by atoms with Crippen molar-refractivity contribution in [2.75, 3.05) is 7.11 Å². The molecule has 0 aliphatic heterocycles. The average Bonchev–Trinajstić information content (AvgIpc) is 2.37. The fourth-order valence-corrected chi connectivity index (χ4v) is 1.17. The number of hydrogen-bond donors (Lipinski definition) is 0. The number of methoxy groups -OCH3 is 1. The zero-order valence-electron chi connectivity index (χ0n) is 11.3. The largest absolute Gasteiger partial charge is 0.497 e. The average molecular weight is 222 g/mol. The van der Waals surface area contributed by atoms with Crippen LogP contribution in [-0.2, 0) is 6.42 Å². The van der Waals surface area contributed by atoms with E-state index < -0.39 is 0 Å². The fourth-order valence-electron chi connectivity index (χ4n) is 1.17. The highest BCUT2D eigenvalue weighted by Crippen LogP contribution is 2.12. The van der Waals surface area contributed by atoms with Crippen LogP contribution in [0, 0.1) is 0 Å². The van der Waals surface area contributed by atoms with Crippen LogP contribution in [0.5, 0.6) is 5.75 Å². The SMILES string of the molecule is CCCC.CCCCc1ccc(OC)cc1. The predicted molar refractivity (Wildman–Crippen MR) is 72.2 cm³/mol. The standard InChI is InChI=1S/C11H16O.C4H10/c1-3-4-5-10-6-8-11(12-2)9-7-10;1-3-4-2/h6-9H,3-5H2,1-2H3;3-4H2,1-2H3. The second-order valence-corrected chi connectivity index (χ2v) is 3.95. The van der Waals surface area contributed by atoms with Crippen LogP contribution < -0.4 is 4.74 Å². The summed E-state index contributed by atoms with van der Waals surface area (Å²) in [6.45, 7) is 6.57.